The minimum atomic E-state index is -0.643. The van der Waals surface area contributed by atoms with Gasteiger partial charge in [-0.1, -0.05) is 30.3 Å². The molecule has 0 radical (unpaired) electrons. The Morgan fingerprint density at radius 2 is 1.96 bits per heavy atom. The lowest BCUT2D eigenvalue weighted by Crippen LogP contribution is -2.41. The first-order chi connectivity index (χ1) is 11.7. The Bertz CT molecular complexity index is 662. The smallest absolute Gasteiger partial charge is 0.360 e. The maximum Gasteiger partial charge on any atom is 0.360 e. The fraction of sp³-hybridized carbons (Fsp3) is 0.389. The fourth-order valence-corrected chi connectivity index (χ4v) is 2.94. The molecule has 1 fully saturated rings. The van der Waals surface area contributed by atoms with Crippen molar-refractivity contribution in [3.63, 3.8) is 0 Å². The molecule has 1 aromatic carbocycles. The van der Waals surface area contributed by atoms with Gasteiger partial charge in [-0.25, -0.2) is 9.78 Å². The number of carbonyl (C=O) groups is 2. The quantitative estimate of drug-likeness (QED) is 0.788. The topological polar surface area (TPSA) is 72.6 Å². The van der Waals surface area contributed by atoms with Crippen LogP contribution in [0.2, 0.25) is 0 Å². The van der Waals surface area contributed by atoms with Crippen LogP contribution in [-0.2, 0) is 16.0 Å². The molecule has 6 heteroatoms. The van der Waals surface area contributed by atoms with Gasteiger partial charge in [0.15, 0.2) is 18.7 Å². The van der Waals surface area contributed by atoms with E-state index in [0.717, 1.165) is 25.7 Å². The maximum atomic E-state index is 12.1. The van der Waals surface area contributed by atoms with E-state index in [0.29, 0.717) is 19.0 Å². The first-order valence-electron chi connectivity index (χ1n) is 8.09. The number of oxazole rings is 1. The third-order valence-corrected chi connectivity index (χ3v) is 4.30. The molecule has 24 heavy (non-hydrogen) atoms. The number of amides is 1. The molecule has 1 saturated heterocycles. The Morgan fingerprint density at radius 1 is 1.21 bits per heavy atom. The molecular formula is C18H20N2O4. The number of piperidine rings is 1. The highest BCUT2D eigenvalue weighted by Gasteiger charge is 2.24. The van der Waals surface area contributed by atoms with E-state index >= 15 is 0 Å². The third kappa shape index (κ3) is 4.22. The number of likely N-dealkylation sites (tertiary alicyclic amines) is 1. The Kier molecular flexibility index (Phi) is 5.25. The molecule has 0 aliphatic carbocycles. The van der Waals surface area contributed by atoms with Gasteiger partial charge in [-0.2, -0.15) is 0 Å². The van der Waals surface area contributed by atoms with Gasteiger partial charge in [0.1, 0.15) is 6.26 Å². The number of aromatic nitrogens is 1. The number of hydrogen-bond acceptors (Lipinski definition) is 5. The summed E-state index contributed by atoms with van der Waals surface area (Å²) >= 11 is 0. The normalized spacial score (nSPS) is 15.2. The summed E-state index contributed by atoms with van der Waals surface area (Å²) < 4.78 is 9.68. The summed E-state index contributed by atoms with van der Waals surface area (Å²) in [6.45, 7) is 1.16. The zero-order valence-corrected chi connectivity index (χ0v) is 13.4. The molecule has 0 atom stereocenters. The predicted molar refractivity (Wildman–Crippen MR) is 86.2 cm³/mol. The summed E-state index contributed by atoms with van der Waals surface area (Å²) in [4.78, 5) is 29.2. The van der Waals surface area contributed by atoms with E-state index in [4.69, 9.17) is 9.15 Å². The monoisotopic (exact) mass is 328 g/mol. The van der Waals surface area contributed by atoms with Crippen LogP contribution >= 0.6 is 0 Å². The van der Waals surface area contributed by atoms with Crippen LogP contribution in [0.15, 0.2) is 47.4 Å². The van der Waals surface area contributed by atoms with Crippen molar-refractivity contribution in [3.05, 3.63) is 54.2 Å². The molecule has 0 saturated carbocycles. The Balaban J connectivity index is 1.41. The third-order valence-electron chi connectivity index (χ3n) is 4.30. The number of hydrogen-bond donors (Lipinski definition) is 0. The van der Waals surface area contributed by atoms with Crippen molar-refractivity contribution in [2.75, 3.05) is 19.7 Å². The van der Waals surface area contributed by atoms with Gasteiger partial charge in [0.25, 0.3) is 5.91 Å². The van der Waals surface area contributed by atoms with Gasteiger partial charge in [-0.15, -0.1) is 0 Å². The molecule has 0 N–H and O–H groups in total. The summed E-state index contributed by atoms with van der Waals surface area (Å²) in [5, 5.41) is 0. The van der Waals surface area contributed by atoms with Crippen LogP contribution in [0.4, 0.5) is 0 Å². The lowest BCUT2D eigenvalue weighted by Gasteiger charge is -2.32. The molecule has 1 amide bonds. The second kappa shape index (κ2) is 7.77. The van der Waals surface area contributed by atoms with E-state index in [1.807, 2.05) is 6.07 Å². The van der Waals surface area contributed by atoms with Gasteiger partial charge >= 0.3 is 5.97 Å². The highest BCUT2D eigenvalue weighted by atomic mass is 16.5. The van der Waals surface area contributed by atoms with Crippen molar-refractivity contribution in [3.8, 4) is 0 Å². The molecule has 2 aromatic rings. The summed E-state index contributed by atoms with van der Waals surface area (Å²) in [5.41, 5.74) is 1.41. The number of rotatable bonds is 5. The number of ether oxygens (including phenoxy) is 1. The molecule has 0 unspecified atom stereocenters. The second-order valence-electron chi connectivity index (χ2n) is 5.96. The van der Waals surface area contributed by atoms with Gasteiger partial charge < -0.3 is 14.1 Å². The minimum absolute atomic E-state index is 0.0735. The molecule has 2 heterocycles. The van der Waals surface area contributed by atoms with E-state index in [9.17, 15) is 9.59 Å². The van der Waals surface area contributed by atoms with Crippen LogP contribution in [-0.4, -0.2) is 41.5 Å². The number of esters is 1. The van der Waals surface area contributed by atoms with Gasteiger partial charge in [0.05, 0.1) is 0 Å². The summed E-state index contributed by atoms with van der Waals surface area (Å²) in [5.74, 6) is -0.213. The number of carbonyl (C=O) groups excluding carboxylic acids is 2. The molecule has 0 spiro atoms. The van der Waals surface area contributed by atoms with Crippen LogP contribution in [0.5, 0.6) is 0 Å². The van der Waals surface area contributed by atoms with Crippen LogP contribution < -0.4 is 0 Å². The molecule has 1 aliphatic rings. The largest absolute Gasteiger partial charge is 0.451 e. The molecule has 6 nitrogen and oxygen atoms in total. The van der Waals surface area contributed by atoms with E-state index in [-0.39, 0.29) is 18.2 Å². The van der Waals surface area contributed by atoms with Crippen LogP contribution in [0.25, 0.3) is 0 Å². The first kappa shape index (κ1) is 16.2. The van der Waals surface area contributed by atoms with E-state index in [1.54, 1.807) is 4.90 Å². The van der Waals surface area contributed by atoms with Crippen LogP contribution in [0, 0.1) is 5.92 Å². The van der Waals surface area contributed by atoms with Crippen molar-refractivity contribution < 1.29 is 18.7 Å². The number of nitrogens with zero attached hydrogens (tertiary/aromatic N) is 2. The average Bonchev–Trinajstić information content (AvgIpc) is 3.16. The zero-order chi connectivity index (χ0) is 16.8. The number of benzene rings is 1. The summed E-state index contributed by atoms with van der Waals surface area (Å²) in [6, 6.07) is 10.4. The zero-order valence-electron chi connectivity index (χ0n) is 13.4. The summed E-state index contributed by atoms with van der Waals surface area (Å²) in [6.07, 6.45) is 5.33. The van der Waals surface area contributed by atoms with E-state index in [1.165, 1.54) is 11.8 Å². The molecule has 3 rings (SSSR count). The molecular weight excluding hydrogens is 308 g/mol. The maximum absolute atomic E-state index is 12.1. The van der Waals surface area contributed by atoms with E-state index in [2.05, 4.69) is 29.2 Å². The van der Waals surface area contributed by atoms with Crippen molar-refractivity contribution in [2.45, 2.75) is 19.3 Å². The molecule has 1 aromatic heterocycles. The van der Waals surface area contributed by atoms with Gasteiger partial charge in [0.2, 0.25) is 0 Å². The Hall–Kier alpha value is -2.63. The van der Waals surface area contributed by atoms with E-state index < -0.39 is 5.97 Å². The molecule has 126 valence electrons. The van der Waals surface area contributed by atoms with Gasteiger partial charge in [-0.05, 0) is 30.7 Å². The second-order valence-corrected chi connectivity index (χ2v) is 5.96. The lowest BCUT2D eigenvalue weighted by atomic mass is 9.90. The fourth-order valence-electron chi connectivity index (χ4n) is 2.94. The standard InChI is InChI=1S/C18H20N2O4/c21-17(12-24-18(22)16-11-23-13-19-16)20-8-6-15(7-9-20)10-14-4-2-1-3-5-14/h1-5,11,13,15H,6-10,12H2. The average molecular weight is 328 g/mol. The van der Waals surface area contributed by atoms with Crippen molar-refractivity contribution >= 4 is 11.9 Å². The molecule has 1 aliphatic heterocycles. The van der Waals surface area contributed by atoms with Gasteiger partial charge in [-0.3, -0.25) is 4.79 Å². The minimum Gasteiger partial charge on any atom is -0.451 e. The Morgan fingerprint density at radius 3 is 2.62 bits per heavy atom. The van der Waals surface area contributed by atoms with Crippen molar-refractivity contribution in [2.24, 2.45) is 5.92 Å². The van der Waals surface area contributed by atoms with Crippen LogP contribution in [0.1, 0.15) is 28.9 Å². The van der Waals surface area contributed by atoms with Gasteiger partial charge in [0, 0.05) is 13.1 Å². The highest BCUT2D eigenvalue weighted by Crippen LogP contribution is 2.21. The highest BCUT2D eigenvalue weighted by molar-refractivity contribution is 5.89. The Labute approximate surface area is 140 Å². The van der Waals surface area contributed by atoms with Crippen LogP contribution in [0.3, 0.4) is 0 Å². The summed E-state index contributed by atoms with van der Waals surface area (Å²) in [7, 11) is 0. The first-order valence-corrected chi connectivity index (χ1v) is 8.09. The molecule has 0 bridgehead atoms. The predicted octanol–water partition coefficient (Wildman–Crippen LogP) is 2.31. The SMILES string of the molecule is O=C(OCC(=O)N1CCC(Cc2ccccc2)CC1)c1cocn1. The van der Waals surface area contributed by atoms with Crippen molar-refractivity contribution in [1.29, 1.82) is 0 Å². The lowest BCUT2D eigenvalue weighted by molar-refractivity contribution is -0.135. The van der Waals surface area contributed by atoms with Crippen molar-refractivity contribution in [1.82, 2.24) is 9.88 Å².